The van der Waals surface area contributed by atoms with Crippen LogP contribution in [-0.2, 0) is 6.54 Å². The summed E-state index contributed by atoms with van der Waals surface area (Å²) >= 11 is 1.55. The molecule has 0 saturated heterocycles. The number of rotatable bonds is 4. The van der Waals surface area contributed by atoms with Crippen LogP contribution >= 0.6 is 11.3 Å². The van der Waals surface area contributed by atoms with Gasteiger partial charge in [0.05, 0.1) is 17.1 Å². The van der Waals surface area contributed by atoms with E-state index < -0.39 is 0 Å². The van der Waals surface area contributed by atoms with Crippen LogP contribution in [0.3, 0.4) is 0 Å². The Morgan fingerprint density at radius 3 is 2.88 bits per heavy atom. The van der Waals surface area contributed by atoms with Gasteiger partial charge >= 0.3 is 0 Å². The number of aromatic nitrogens is 2. The van der Waals surface area contributed by atoms with Crippen molar-refractivity contribution in [3.63, 3.8) is 0 Å². The second-order valence-electron chi connectivity index (χ2n) is 7.50. The number of hydrogen-bond acceptors (Lipinski definition) is 3. The van der Waals surface area contributed by atoms with E-state index in [1.165, 1.54) is 18.4 Å². The van der Waals surface area contributed by atoms with E-state index >= 15 is 0 Å². The Balaban J connectivity index is 1.55. The molecule has 136 valence electrons. The number of hydrogen-bond donors (Lipinski definition) is 1. The smallest absolute Gasteiger partial charge is 0.261 e. The Labute approximate surface area is 158 Å². The van der Waals surface area contributed by atoms with E-state index in [4.69, 9.17) is 0 Å². The van der Waals surface area contributed by atoms with Crippen LogP contribution in [0.15, 0.2) is 36.4 Å². The zero-order valence-electron chi connectivity index (χ0n) is 15.4. The number of carbonyl (C=O) groups excluding carboxylic acids is 1. The van der Waals surface area contributed by atoms with Crippen molar-refractivity contribution in [2.24, 2.45) is 5.92 Å². The first kappa shape index (κ1) is 17.3. The Morgan fingerprint density at radius 1 is 1.31 bits per heavy atom. The van der Waals surface area contributed by atoms with Crippen molar-refractivity contribution in [1.29, 1.82) is 0 Å². The molecule has 26 heavy (non-hydrogen) atoms. The summed E-state index contributed by atoms with van der Waals surface area (Å²) in [5.41, 5.74) is 2.20. The highest BCUT2D eigenvalue weighted by Crippen LogP contribution is 2.30. The predicted octanol–water partition coefficient (Wildman–Crippen LogP) is 4.76. The van der Waals surface area contributed by atoms with Gasteiger partial charge in [0.1, 0.15) is 4.83 Å². The molecule has 2 heterocycles. The summed E-state index contributed by atoms with van der Waals surface area (Å²) in [5.74, 6) is 0.772. The third-order valence-corrected chi connectivity index (χ3v) is 6.43. The second-order valence-corrected chi connectivity index (χ2v) is 8.53. The van der Waals surface area contributed by atoms with Gasteiger partial charge in [-0.05, 0) is 37.3 Å². The molecule has 0 radical (unpaired) electrons. The number of fused-ring (bicyclic) bond motifs is 1. The lowest BCUT2D eigenvalue weighted by Gasteiger charge is -2.27. The summed E-state index contributed by atoms with van der Waals surface area (Å²) < 4.78 is 2.02. The SMILES string of the molecule is Cc1nn(Cc2ccccc2)c2sc(C(=O)N[C@H]3CCC[C@H](C)C3)cc12. The molecule has 1 fully saturated rings. The molecule has 1 amide bonds. The molecule has 1 aliphatic rings. The molecule has 1 aliphatic carbocycles. The highest BCUT2D eigenvalue weighted by atomic mass is 32.1. The molecule has 0 bridgehead atoms. The lowest BCUT2D eigenvalue weighted by atomic mass is 9.87. The van der Waals surface area contributed by atoms with Crippen LogP contribution < -0.4 is 5.32 Å². The van der Waals surface area contributed by atoms with Gasteiger partial charge in [0.25, 0.3) is 5.91 Å². The lowest BCUT2D eigenvalue weighted by Crippen LogP contribution is -2.37. The number of aryl methyl sites for hydroxylation is 1. The zero-order valence-corrected chi connectivity index (χ0v) is 16.2. The van der Waals surface area contributed by atoms with Gasteiger partial charge in [-0.1, -0.05) is 50.1 Å². The number of nitrogens with one attached hydrogen (secondary N) is 1. The van der Waals surface area contributed by atoms with Gasteiger partial charge in [0.2, 0.25) is 0 Å². The van der Waals surface area contributed by atoms with Gasteiger partial charge in [-0.3, -0.25) is 9.48 Å². The van der Waals surface area contributed by atoms with Gasteiger partial charge in [-0.25, -0.2) is 0 Å². The van der Waals surface area contributed by atoms with Crippen molar-refractivity contribution in [3.8, 4) is 0 Å². The topological polar surface area (TPSA) is 46.9 Å². The number of benzene rings is 1. The molecule has 1 aromatic carbocycles. The third-order valence-electron chi connectivity index (χ3n) is 5.28. The fourth-order valence-electron chi connectivity index (χ4n) is 3.91. The van der Waals surface area contributed by atoms with E-state index in [1.807, 2.05) is 35.9 Å². The first-order valence-corrected chi connectivity index (χ1v) is 10.2. The maximum absolute atomic E-state index is 12.7. The first-order valence-electron chi connectivity index (χ1n) is 9.42. The van der Waals surface area contributed by atoms with E-state index in [1.54, 1.807) is 11.3 Å². The molecule has 0 unspecified atom stereocenters. The average molecular weight is 368 g/mol. The van der Waals surface area contributed by atoms with Crippen molar-refractivity contribution in [1.82, 2.24) is 15.1 Å². The quantitative estimate of drug-likeness (QED) is 0.722. The molecule has 4 rings (SSSR count). The summed E-state index contributed by atoms with van der Waals surface area (Å²) in [6.45, 7) is 5.02. The number of thiophene rings is 1. The van der Waals surface area contributed by atoms with Crippen LogP contribution in [0.4, 0.5) is 0 Å². The van der Waals surface area contributed by atoms with E-state index in [2.05, 4.69) is 29.5 Å². The number of nitrogens with zero attached hydrogens (tertiary/aromatic N) is 2. The van der Waals surface area contributed by atoms with Crippen LogP contribution in [0.1, 0.15) is 53.5 Å². The van der Waals surface area contributed by atoms with Gasteiger partial charge < -0.3 is 5.32 Å². The van der Waals surface area contributed by atoms with Crippen LogP contribution in [-0.4, -0.2) is 21.7 Å². The molecule has 5 heteroatoms. The van der Waals surface area contributed by atoms with Gasteiger partial charge in [-0.2, -0.15) is 5.10 Å². The van der Waals surface area contributed by atoms with Crippen molar-refractivity contribution in [3.05, 3.63) is 52.5 Å². The molecule has 2 aromatic heterocycles. The normalized spacial score (nSPS) is 20.4. The van der Waals surface area contributed by atoms with Gasteiger partial charge in [0.15, 0.2) is 0 Å². The standard InChI is InChI=1S/C21H25N3OS/c1-14-7-6-10-17(11-14)22-20(25)19-12-18-15(2)23-24(21(18)26-19)13-16-8-4-3-5-9-16/h3-5,8-9,12,14,17H,6-7,10-11,13H2,1-2H3,(H,22,25)/t14-,17-/m0/s1. The first-order chi connectivity index (χ1) is 12.6. The predicted molar refractivity (Wildman–Crippen MR) is 107 cm³/mol. The molecule has 0 aliphatic heterocycles. The monoisotopic (exact) mass is 367 g/mol. The largest absolute Gasteiger partial charge is 0.349 e. The van der Waals surface area contributed by atoms with Crippen LogP contribution in [0.2, 0.25) is 0 Å². The average Bonchev–Trinajstić information content (AvgIpc) is 3.18. The minimum Gasteiger partial charge on any atom is -0.349 e. The number of amides is 1. The van der Waals surface area contributed by atoms with E-state index in [0.717, 1.165) is 40.2 Å². The van der Waals surface area contributed by atoms with Gasteiger partial charge in [-0.15, -0.1) is 11.3 Å². The Hall–Kier alpha value is -2.14. The molecular formula is C21H25N3OS. The van der Waals surface area contributed by atoms with Crippen LogP contribution in [0, 0.1) is 12.8 Å². The Kier molecular flexibility index (Phi) is 4.81. The Morgan fingerprint density at radius 2 is 2.12 bits per heavy atom. The maximum Gasteiger partial charge on any atom is 0.261 e. The molecule has 2 atom stereocenters. The zero-order chi connectivity index (χ0) is 18.1. The third kappa shape index (κ3) is 3.54. The van der Waals surface area contributed by atoms with Crippen molar-refractivity contribution < 1.29 is 4.79 Å². The molecule has 1 N–H and O–H groups in total. The molecule has 0 spiro atoms. The van der Waals surface area contributed by atoms with Crippen molar-refractivity contribution in [2.75, 3.05) is 0 Å². The minimum atomic E-state index is 0.0657. The van der Waals surface area contributed by atoms with Crippen molar-refractivity contribution >= 4 is 27.5 Å². The van der Waals surface area contributed by atoms with Crippen molar-refractivity contribution in [2.45, 2.75) is 52.1 Å². The van der Waals surface area contributed by atoms with Crippen LogP contribution in [0.5, 0.6) is 0 Å². The summed E-state index contributed by atoms with van der Waals surface area (Å²) in [6, 6.07) is 12.6. The molecule has 3 aromatic rings. The van der Waals surface area contributed by atoms with E-state index in [9.17, 15) is 4.79 Å². The van der Waals surface area contributed by atoms with E-state index in [0.29, 0.717) is 12.0 Å². The van der Waals surface area contributed by atoms with Gasteiger partial charge in [0, 0.05) is 11.4 Å². The Bertz CT molecular complexity index is 912. The summed E-state index contributed by atoms with van der Waals surface area (Å²) in [5, 5.41) is 9.00. The number of carbonyl (C=O) groups is 1. The molecule has 4 nitrogen and oxygen atoms in total. The van der Waals surface area contributed by atoms with E-state index in [-0.39, 0.29) is 5.91 Å². The second kappa shape index (κ2) is 7.23. The van der Waals surface area contributed by atoms with Crippen LogP contribution in [0.25, 0.3) is 10.2 Å². The summed E-state index contributed by atoms with van der Waals surface area (Å²) in [6.07, 6.45) is 4.69. The highest BCUT2D eigenvalue weighted by molar-refractivity contribution is 7.20. The fourth-order valence-corrected chi connectivity index (χ4v) is 4.97. The molecule has 1 saturated carbocycles. The maximum atomic E-state index is 12.7. The fraction of sp³-hybridized carbons (Fsp3) is 0.429. The lowest BCUT2D eigenvalue weighted by molar-refractivity contribution is 0.0925. The summed E-state index contributed by atoms with van der Waals surface area (Å²) in [7, 11) is 0. The molecular weight excluding hydrogens is 342 g/mol. The minimum absolute atomic E-state index is 0.0657. The summed E-state index contributed by atoms with van der Waals surface area (Å²) in [4.78, 5) is 14.6. The highest BCUT2D eigenvalue weighted by Gasteiger charge is 2.23.